The summed E-state index contributed by atoms with van der Waals surface area (Å²) < 4.78 is 4.96. The molecule has 2 aromatic rings. The van der Waals surface area contributed by atoms with Gasteiger partial charge in [-0.25, -0.2) is 9.97 Å². The van der Waals surface area contributed by atoms with Crippen LogP contribution in [0.15, 0.2) is 30.5 Å². The van der Waals surface area contributed by atoms with Crippen LogP contribution in [-0.2, 0) is 9.53 Å². The highest BCUT2D eigenvalue weighted by molar-refractivity contribution is 5.70. The molecule has 8 nitrogen and oxygen atoms in total. The molecule has 1 aliphatic heterocycles. The first-order chi connectivity index (χ1) is 13.2. The van der Waals surface area contributed by atoms with E-state index >= 15 is 0 Å². The Labute approximate surface area is 159 Å². The number of rotatable bonds is 7. The highest BCUT2D eigenvalue weighted by Crippen LogP contribution is 2.23. The Morgan fingerprint density at radius 1 is 1.41 bits per heavy atom. The molecule has 3 heterocycles. The minimum atomic E-state index is -0.230. The number of hydrogen-bond donors (Lipinski definition) is 2. The second kappa shape index (κ2) is 9.27. The molecule has 0 radical (unpaired) electrons. The first-order valence-electron chi connectivity index (χ1n) is 9.36. The van der Waals surface area contributed by atoms with Crippen molar-refractivity contribution in [2.45, 2.75) is 32.2 Å². The lowest BCUT2D eigenvalue weighted by Gasteiger charge is -2.32. The molecule has 144 valence electrons. The number of piperidine rings is 1. The number of aromatic nitrogens is 3. The lowest BCUT2D eigenvalue weighted by Crippen LogP contribution is -2.43. The number of ether oxygens (including phenoxy) is 1. The van der Waals surface area contributed by atoms with E-state index < -0.39 is 0 Å². The molecule has 2 aromatic heterocycles. The standard InChI is InChI=1S/C19H26N6O2/c1-2-27-18(26)8-10-22-16-12-17(25-11-5-6-14(20)13-25)24-19(23-16)15-7-3-4-9-21-15/h3-4,7,9,12,14H,2,5-6,8,10-11,13,20H2,1H3,(H,22,23,24). The molecule has 27 heavy (non-hydrogen) atoms. The molecule has 0 aromatic carbocycles. The Balaban J connectivity index is 1.81. The van der Waals surface area contributed by atoms with Crippen LogP contribution in [0.2, 0.25) is 0 Å². The molecular weight excluding hydrogens is 344 g/mol. The van der Waals surface area contributed by atoms with E-state index in [0.29, 0.717) is 30.5 Å². The van der Waals surface area contributed by atoms with Crippen LogP contribution in [0.4, 0.5) is 11.6 Å². The maximum atomic E-state index is 11.5. The summed E-state index contributed by atoms with van der Waals surface area (Å²) in [4.78, 5) is 27.3. The maximum Gasteiger partial charge on any atom is 0.307 e. The number of nitrogens with zero attached hydrogens (tertiary/aromatic N) is 4. The summed E-state index contributed by atoms with van der Waals surface area (Å²) >= 11 is 0. The van der Waals surface area contributed by atoms with Gasteiger partial charge in [0.15, 0.2) is 5.82 Å². The number of pyridine rings is 1. The largest absolute Gasteiger partial charge is 0.466 e. The Morgan fingerprint density at radius 2 is 2.30 bits per heavy atom. The number of carbonyl (C=O) groups is 1. The number of nitrogens with one attached hydrogen (secondary N) is 1. The van der Waals surface area contributed by atoms with Gasteiger partial charge in [0.1, 0.15) is 17.3 Å². The van der Waals surface area contributed by atoms with Crippen LogP contribution in [0.3, 0.4) is 0 Å². The van der Waals surface area contributed by atoms with Gasteiger partial charge in [-0.15, -0.1) is 0 Å². The van der Waals surface area contributed by atoms with E-state index in [-0.39, 0.29) is 18.4 Å². The van der Waals surface area contributed by atoms with Gasteiger partial charge < -0.3 is 20.7 Å². The molecule has 1 saturated heterocycles. The monoisotopic (exact) mass is 370 g/mol. The second-order valence-electron chi connectivity index (χ2n) is 6.48. The Bertz CT molecular complexity index is 755. The molecule has 3 N–H and O–H groups in total. The first kappa shape index (κ1) is 19.0. The minimum Gasteiger partial charge on any atom is -0.466 e. The zero-order chi connectivity index (χ0) is 19.1. The lowest BCUT2D eigenvalue weighted by atomic mass is 10.1. The van der Waals surface area contributed by atoms with Crippen LogP contribution in [0.5, 0.6) is 0 Å². The van der Waals surface area contributed by atoms with Gasteiger partial charge in [-0.05, 0) is 31.9 Å². The Kier molecular flexibility index (Phi) is 6.54. The van der Waals surface area contributed by atoms with Gasteiger partial charge in [0.25, 0.3) is 0 Å². The fourth-order valence-corrected chi connectivity index (χ4v) is 3.04. The highest BCUT2D eigenvalue weighted by Gasteiger charge is 2.20. The predicted octanol–water partition coefficient (Wildman–Crippen LogP) is 1.83. The number of esters is 1. The third-order valence-electron chi connectivity index (χ3n) is 4.33. The molecule has 3 rings (SSSR count). The molecule has 8 heteroatoms. The van der Waals surface area contributed by atoms with Crippen molar-refractivity contribution in [1.29, 1.82) is 0 Å². The van der Waals surface area contributed by atoms with Crippen molar-refractivity contribution in [1.82, 2.24) is 15.0 Å². The van der Waals surface area contributed by atoms with Crippen LogP contribution < -0.4 is 16.0 Å². The van der Waals surface area contributed by atoms with Crippen molar-refractivity contribution in [2.75, 3.05) is 36.5 Å². The third kappa shape index (κ3) is 5.37. The van der Waals surface area contributed by atoms with Gasteiger partial charge in [-0.1, -0.05) is 6.07 Å². The van der Waals surface area contributed by atoms with Crippen LogP contribution in [0.25, 0.3) is 11.5 Å². The van der Waals surface area contributed by atoms with E-state index in [1.54, 1.807) is 13.1 Å². The SMILES string of the molecule is CCOC(=O)CCNc1cc(N2CCCC(N)C2)nc(-c2ccccn2)n1. The molecule has 1 aliphatic rings. The Morgan fingerprint density at radius 3 is 3.04 bits per heavy atom. The number of carbonyl (C=O) groups excluding carboxylic acids is 1. The van der Waals surface area contributed by atoms with Gasteiger partial charge in [0.2, 0.25) is 0 Å². The zero-order valence-corrected chi connectivity index (χ0v) is 15.6. The van der Waals surface area contributed by atoms with Gasteiger partial charge in [0, 0.05) is 37.9 Å². The first-order valence-corrected chi connectivity index (χ1v) is 9.36. The van der Waals surface area contributed by atoms with E-state index in [4.69, 9.17) is 15.5 Å². The van der Waals surface area contributed by atoms with Crippen molar-refractivity contribution in [2.24, 2.45) is 5.73 Å². The lowest BCUT2D eigenvalue weighted by molar-refractivity contribution is -0.142. The van der Waals surface area contributed by atoms with Gasteiger partial charge >= 0.3 is 5.97 Å². The summed E-state index contributed by atoms with van der Waals surface area (Å²) in [7, 11) is 0. The molecule has 1 fully saturated rings. The quantitative estimate of drug-likeness (QED) is 0.711. The fourth-order valence-electron chi connectivity index (χ4n) is 3.04. The summed E-state index contributed by atoms with van der Waals surface area (Å²) in [6.45, 7) is 4.30. The minimum absolute atomic E-state index is 0.146. The van der Waals surface area contributed by atoms with Crippen molar-refractivity contribution >= 4 is 17.6 Å². The number of hydrogen-bond acceptors (Lipinski definition) is 8. The maximum absolute atomic E-state index is 11.5. The van der Waals surface area contributed by atoms with E-state index in [1.165, 1.54) is 0 Å². The highest BCUT2D eigenvalue weighted by atomic mass is 16.5. The molecule has 0 saturated carbocycles. The van der Waals surface area contributed by atoms with Crippen LogP contribution >= 0.6 is 0 Å². The van der Waals surface area contributed by atoms with Crippen molar-refractivity contribution in [3.8, 4) is 11.5 Å². The predicted molar refractivity (Wildman–Crippen MR) is 104 cm³/mol. The van der Waals surface area contributed by atoms with E-state index in [2.05, 4.69) is 20.2 Å². The molecule has 1 atom stereocenters. The summed E-state index contributed by atoms with van der Waals surface area (Å²) in [5.74, 6) is 1.79. The van der Waals surface area contributed by atoms with Gasteiger partial charge in [-0.2, -0.15) is 0 Å². The number of anilines is 2. The fraction of sp³-hybridized carbons (Fsp3) is 0.474. The summed E-state index contributed by atoms with van der Waals surface area (Å²) in [6, 6.07) is 7.68. The normalized spacial score (nSPS) is 16.8. The molecule has 0 aliphatic carbocycles. The zero-order valence-electron chi connectivity index (χ0n) is 15.6. The van der Waals surface area contributed by atoms with Gasteiger partial charge in [-0.3, -0.25) is 9.78 Å². The smallest absolute Gasteiger partial charge is 0.307 e. The molecular formula is C19H26N6O2. The average molecular weight is 370 g/mol. The van der Waals surface area contributed by atoms with E-state index in [0.717, 1.165) is 31.7 Å². The van der Waals surface area contributed by atoms with E-state index in [9.17, 15) is 4.79 Å². The molecule has 0 bridgehead atoms. The van der Waals surface area contributed by atoms with E-state index in [1.807, 2.05) is 24.3 Å². The summed E-state index contributed by atoms with van der Waals surface area (Å²) in [5.41, 5.74) is 6.83. The second-order valence-corrected chi connectivity index (χ2v) is 6.48. The van der Waals surface area contributed by atoms with Crippen LogP contribution in [-0.4, -0.2) is 53.2 Å². The molecule has 1 unspecified atom stereocenters. The third-order valence-corrected chi connectivity index (χ3v) is 4.33. The van der Waals surface area contributed by atoms with Crippen LogP contribution in [0.1, 0.15) is 26.2 Å². The van der Waals surface area contributed by atoms with Crippen molar-refractivity contribution < 1.29 is 9.53 Å². The number of nitrogens with two attached hydrogens (primary N) is 1. The topological polar surface area (TPSA) is 106 Å². The molecule has 0 amide bonds. The van der Waals surface area contributed by atoms with Crippen molar-refractivity contribution in [3.05, 3.63) is 30.5 Å². The molecule has 0 spiro atoms. The Hall–Kier alpha value is -2.74. The van der Waals surface area contributed by atoms with Gasteiger partial charge in [0.05, 0.1) is 13.0 Å². The van der Waals surface area contributed by atoms with Crippen molar-refractivity contribution in [3.63, 3.8) is 0 Å². The summed E-state index contributed by atoms with van der Waals surface area (Å²) in [5, 5.41) is 3.20. The summed E-state index contributed by atoms with van der Waals surface area (Å²) in [6.07, 6.45) is 4.06. The van der Waals surface area contributed by atoms with Crippen LogP contribution in [0, 0.1) is 0 Å². The average Bonchev–Trinajstić information content (AvgIpc) is 2.69.